The SMILES string of the molecule is Cc1cc(CCCC(Cl)C(C)C)n(C)n1. The quantitative estimate of drug-likeness (QED) is 0.707. The molecule has 0 aliphatic rings. The summed E-state index contributed by atoms with van der Waals surface area (Å²) >= 11 is 6.20. The van der Waals surface area contributed by atoms with Gasteiger partial charge in [-0.2, -0.15) is 5.10 Å². The molecule has 15 heavy (non-hydrogen) atoms. The minimum atomic E-state index is 0.305. The van der Waals surface area contributed by atoms with Crippen LogP contribution in [0.2, 0.25) is 0 Å². The van der Waals surface area contributed by atoms with Crippen molar-refractivity contribution in [3.8, 4) is 0 Å². The Hall–Kier alpha value is -0.500. The number of aryl methyl sites for hydroxylation is 3. The molecule has 0 aliphatic carbocycles. The summed E-state index contributed by atoms with van der Waals surface area (Å²) in [5, 5.41) is 4.63. The molecule has 3 heteroatoms. The number of hydrogen-bond donors (Lipinski definition) is 0. The molecule has 1 unspecified atom stereocenters. The number of alkyl halides is 1. The summed E-state index contributed by atoms with van der Waals surface area (Å²) < 4.78 is 1.97. The molecule has 1 rings (SSSR count). The minimum absolute atomic E-state index is 0.305. The van der Waals surface area contributed by atoms with Gasteiger partial charge in [0.25, 0.3) is 0 Å². The smallest absolute Gasteiger partial charge is 0.0596 e. The first-order valence-corrected chi connectivity index (χ1v) is 6.08. The van der Waals surface area contributed by atoms with Crippen molar-refractivity contribution in [3.63, 3.8) is 0 Å². The van der Waals surface area contributed by atoms with E-state index in [9.17, 15) is 0 Å². The zero-order valence-electron chi connectivity index (χ0n) is 10.1. The van der Waals surface area contributed by atoms with Gasteiger partial charge >= 0.3 is 0 Å². The van der Waals surface area contributed by atoms with E-state index in [1.807, 2.05) is 18.7 Å². The third kappa shape index (κ3) is 3.86. The van der Waals surface area contributed by atoms with Crippen LogP contribution in [0.1, 0.15) is 38.1 Å². The molecule has 0 saturated carbocycles. The second-order valence-electron chi connectivity index (χ2n) is 4.55. The van der Waals surface area contributed by atoms with Crippen LogP contribution in [0.15, 0.2) is 6.07 Å². The van der Waals surface area contributed by atoms with Crippen LogP contribution in [0.4, 0.5) is 0 Å². The molecular formula is C12H21ClN2. The van der Waals surface area contributed by atoms with Crippen LogP contribution in [-0.2, 0) is 13.5 Å². The minimum Gasteiger partial charge on any atom is -0.272 e. The van der Waals surface area contributed by atoms with Gasteiger partial charge in [-0.25, -0.2) is 0 Å². The Balaban J connectivity index is 2.35. The number of rotatable bonds is 5. The predicted molar refractivity (Wildman–Crippen MR) is 65.4 cm³/mol. The van der Waals surface area contributed by atoms with E-state index in [1.165, 1.54) is 5.69 Å². The highest BCUT2D eigenvalue weighted by atomic mass is 35.5. The van der Waals surface area contributed by atoms with Gasteiger partial charge in [0.15, 0.2) is 0 Å². The molecule has 0 radical (unpaired) electrons. The molecule has 1 heterocycles. The first-order valence-electron chi connectivity index (χ1n) is 5.64. The van der Waals surface area contributed by atoms with Crippen molar-refractivity contribution in [1.29, 1.82) is 0 Å². The summed E-state index contributed by atoms with van der Waals surface area (Å²) in [6, 6.07) is 2.15. The van der Waals surface area contributed by atoms with Gasteiger partial charge < -0.3 is 0 Å². The maximum absolute atomic E-state index is 6.20. The number of hydrogen-bond acceptors (Lipinski definition) is 1. The second kappa shape index (κ2) is 5.55. The Morgan fingerprint density at radius 3 is 2.60 bits per heavy atom. The average Bonchev–Trinajstić information content (AvgIpc) is 2.45. The first-order chi connectivity index (χ1) is 7.00. The van der Waals surface area contributed by atoms with Crippen molar-refractivity contribution in [2.24, 2.45) is 13.0 Å². The van der Waals surface area contributed by atoms with E-state index in [4.69, 9.17) is 11.6 Å². The number of nitrogens with zero attached hydrogens (tertiary/aromatic N) is 2. The van der Waals surface area contributed by atoms with Crippen LogP contribution in [0.3, 0.4) is 0 Å². The van der Waals surface area contributed by atoms with Crippen molar-refractivity contribution in [1.82, 2.24) is 9.78 Å². The molecule has 0 fully saturated rings. The lowest BCUT2D eigenvalue weighted by Crippen LogP contribution is -2.08. The van der Waals surface area contributed by atoms with Crippen LogP contribution >= 0.6 is 11.6 Å². The van der Waals surface area contributed by atoms with Gasteiger partial charge in [-0.3, -0.25) is 4.68 Å². The summed E-state index contributed by atoms with van der Waals surface area (Å²) in [6.07, 6.45) is 3.31. The van der Waals surface area contributed by atoms with Gasteiger partial charge in [-0.1, -0.05) is 13.8 Å². The summed E-state index contributed by atoms with van der Waals surface area (Å²) in [7, 11) is 2.00. The molecule has 0 N–H and O–H groups in total. The van der Waals surface area contributed by atoms with Crippen molar-refractivity contribution in [2.45, 2.75) is 45.4 Å². The van der Waals surface area contributed by atoms with Gasteiger partial charge in [-0.05, 0) is 38.2 Å². The highest BCUT2D eigenvalue weighted by Gasteiger charge is 2.09. The Bertz CT molecular complexity index is 305. The first kappa shape index (κ1) is 12.6. The molecule has 1 aromatic rings. The Morgan fingerprint density at radius 1 is 1.47 bits per heavy atom. The maximum atomic E-state index is 6.20. The maximum Gasteiger partial charge on any atom is 0.0596 e. The van der Waals surface area contributed by atoms with Crippen LogP contribution in [0.25, 0.3) is 0 Å². The average molecular weight is 229 g/mol. The predicted octanol–water partition coefficient (Wildman–Crippen LogP) is 3.31. The molecule has 0 amide bonds. The van der Waals surface area contributed by atoms with E-state index in [0.717, 1.165) is 25.0 Å². The van der Waals surface area contributed by atoms with E-state index in [2.05, 4.69) is 25.0 Å². The van der Waals surface area contributed by atoms with Gasteiger partial charge in [0.05, 0.1) is 5.69 Å². The monoisotopic (exact) mass is 228 g/mol. The fourth-order valence-corrected chi connectivity index (χ4v) is 1.86. The third-order valence-corrected chi connectivity index (χ3v) is 3.46. The lowest BCUT2D eigenvalue weighted by Gasteiger charge is -2.12. The molecule has 2 nitrogen and oxygen atoms in total. The van der Waals surface area contributed by atoms with Gasteiger partial charge in [0.1, 0.15) is 0 Å². The highest BCUT2D eigenvalue weighted by molar-refractivity contribution is 6.20. The standard InChI is InChI=1S/C12H21ClN2/c1-9(2)12(13)7-5-6-11-8-10(3)14-15(11)4/h8-9,12H,5-7H2,1-4H3. The second-order valence-corrected chi connectivity index (χ2v) is 5.11. The van der Waals surface area contributed by atoms with Crippen molar-refractivity contribution < 1.29 is 0 Å². The van der Waals surface area contributed by atoms with Crippen LogP contribution < -0.4 is 0 Å². The normalized spacial score (nSPS) is 13.5. The zero-order valence-corrected chi connectivity index (χ0v) is 10.9. The molecule has 1 aromatic heterocycles. The largest absolute Gasteiger partial charge is 0.272 e. The molecule has 0 aliphatic heterocycles. The van der Waals surface area contributed by atoms with Crippen LogP contribution in [0.5, 0.6) is 0 Å². The number of halogens is 1. The summed E-state index contributed by atoms with van der Waals surface area (Å²) in [6.45, 7) is 6.37. The van der Waals surface area contributed by atoms with Crippen LogP contribution in [-0.4, -0.2) is 15.2 Å². The van der Waals surface area contributed by atoms with Crippen molar-refractivity contribution in [2.75, 3.05) is 0 Å². The Kier molecular flexibility index (Phi) is 4.65. The number of aromatic nitrogens is 2. The lowest BCUT2D eigenvalue weighted by atomic mass is 10.0. The Morgan fingerprint density at radius 2 is 2.13 bits per heavy atom. The fourth-order valence-electron chi connectivity index (χ4n) is 1.71. The summed E-state index contributed by atoms with van der Waals surface area (Å²) in [5.74, 6) is 0.569. The molecule has 0 saturated heterocycles. The zero-order chi connectivity index (χ0) is 11.4. The van der Waals surface area contributed by atoms with Crippen molar-refractivity contribution >= 4 is 11.6 Å². The van der Waals surface area contributed by atoms with Crippen molar-refractivity contribution in [3.05, 3.63) is 17.5 Å². The Labute approximate surface area is 97.6 Å². The lowest BCUT2D eigenvalue weighted by molar-refractivity contribution is 0.540. The highest BCUT2D eigenvalue weighted by Crippen LogP contribution is 2.17. The van der Waals surface area contributed by atoms with E-state index in [0.29, 0.717) is 11.3 Å². The molecule has 0 aromatic carbocycles. The fraction of sp³-hybridized carbons (Fsp3) is 0.750. The topological polar surface area (TPSA) is 17.8 Å². The molecular weight excluding hydrogens is 208 g/mol. The van der Waals surface area contributed by atoms with E-state index in [-0.39, 0.29) is 0 Å². The molecule has 0 bridgehead atoms. The van der Waals surface area contributed by atoms with Gasteiger partial charge in [0, 0.05) is 18.1 Å². The van der Waals surface area contributed by atoms with Gasteiger partial charge in [-0.15, -0.1) is 11.6 Å². The summed E-state index contributed by atoms with van der Waals surface area (Å²) in [5.41, 5.74) is 2.40. The van der Waals surface area contributed by atoms with E-state index >= 15 is 0 Å². The van der Waals surface area contributed by atoms with Crippen LogP contribution in [0, 0.1) is 12.8 Å². The van der Waals surface area contributed by atoms with Gasteiger partial charge in [0.2, 0.25) is 0 Å². The third-order valence-electron chi connectivity index (χ3n) is 2.74. The molecule has 86 valence electrons. The molecule has 1 atom stereocenters. The summed E-state index contributed by atoms with van der Waals surface area (Å²) in [4.78, 5) is 0. The van der Waals surface area contributed by atoms with E-state index in [1.54, 1.807) is 0 Å². The van der Waals surface area contributed by atoms with E-state index < -0.39 is 0 Å². The molecule has 0 spiro atoms.